The van der Waals surface area contributed by atoms with Gasteiger partial charge in [-0.05, 0) is 19.5 Å². The molecule has 0 aromatic carbocycles. The van der Waals surface area contributed by atoms with E-state index in [4.69, 9.17) is 5.21 Å². The van der Waals surface area contributed by atoms with Gasteiger partial charge in [-0.2, -0.15) is 0 Å². The van der Waals surface area contributed by atoms with E-state index in [0.29, 0.717) is 18.5 Å². The van der Waals surface area contributed by atoms with Crippen LogP contribution in [0.15, 0.2) is 12.2 Å². The molecule has 0 spiro atoms. The van der Waals surface area contributed by atoms with Crippen molar-refractivity contribution in [3.63, 3.8) is 0 Å². The van der Waals surface area contributed by atoms with Crippen molar-refractivity contribution in [2.24, 2.45) is 0 Å². The lowest BCUT2D eigenvalue weighted by molar-refractivity contribution is -0.125. The zero-order valence-electron chi connectivity index (χ0n) is 6.68. The molecule has 0 aromatic heterocycles. The normalized spacial score (nSPS) is 9.27. The van der Waals surface area contributed by atoms with Crippen molar-refractivity contribution in [1.82, 2.24) is 10.8 Å². The standard InChI is InChI=1S/C7H14N2O2/c1-3-8-5-4-6(2)7(10)9-11/h8,11H,2-5H2,1H3,(H,9,10). The Morgan fingerprint density at radius 2 is 2.27 bits per heavy atom. The fourth-order valence-electron chi connectivity index (χ4n) is 0.609. The third-order valence-electron chi connectivity index (χ3n) is 1.28. The Bertz CT molecular complexity index is 145. The van der Waals surface area contributed by atoms with Crippen LogP contribution in [0.3, 0.4) is 0 Å². The molecule has 0 saturated heterocycles. The molecule has 0 unspecified atom stereocenters. The van der Waals surface area contributed by atoms with Gasteiger partial charge in [0.05, 0.1) is 0 Å². The summed E-state index contributed by atoms with van der Waals surface area (Å²) in [5.74, 6) is -0.511. The predicted molar refractivity (Wildman–Crippen MR) is 42.2 cm³/mol. The Morgan fingerprint density at radius 3 is 2.73 bits per heavy atom. The molecule has 4 heteroatoms. The second-order valence-corrected chi connectivity index (χ2v) is 2.15. The van der Waals surface area contributed by atoms with E-state index in [9.17, 15) is 4.79 Å². The molecule has 0 fully saturated rings. The summed E-state index contributed by atoms with van der Waals surface area (Å²) < 4.78 is 0. The Morgan fingerprint density at radius 1 is 1.64 bits per heavy atom. The topological polar surface area (TPSA) is 61.4 Å². The third kappa shape index (κ3) is 4.52. The van der Waals surface area contributed by atoms with Crippen molar-refractivity contribution in [3.05, 3.63) is 12.2 Å². The molecule has 0 aliphatic heterocycles. The first-order valence-corrected chi connectivity index (χ1v) is 3.55. The van der Waals surface area contributed by atoms with Crippen molar-refractivity contribution >= 4 is 5.91 Å². The summed E-state index contributed by atoms with van der Waals surface area (Å²) in [4.78, 5) is 10.6. The van der Waals surface area contributed by atoms with Crippen molar-refractivity contribution < 1.29 is 10.0 Å². The number of rotatable bonds is 5. The number of hydrogen-bond donors (Lipinski definition) is 3. The highest BCUT2D eigenvalue weighted by Crippen LogP contribution is 1.94. The molecule has 0 bridgehead atoms. The first-order valence-electron chi connectivity index (χ1n) is 3.55. The van der Waals surface area contributed by atoms with Gasteiger partial charge in [-0.15, -0.1) is 0 Å². The number of carbonyl (C=O) groups excluding carboxylic acids is 1. The molecule has 11 heavy (non-hydrogen) atoms. The number of hydrogen-bond acceptors (Lipinski definition) is 3. The van der Waals surface area contributed by atoms with E-state index in [0.717, 1.165) is 6.54 Å². The Hall–Kier alpha value is -0.870. The molecule has 0 atom stereocenters. The van der Waals surface area contributed by atoms with Crippen LogP contribution in [0.4, 0.5) is 0 Å². The maximum absolute atomic E-state index is 10.6. The SMILES string of the molecule is C=C(CCNCC)C(=O)NO. The van der Waals surface area contributed by atoms with E-state index in [1.165, 1.54) is 5.48 Å². The van der Waals surface area contributed by atoms with Crippen LogP contribution in [-0.2, 0) is 4.79 Å². The lowest BCUT2D eigenvalue weighted by Gasteiger charge is -2.02. The minimum absolute atomic E-state index is 0.383. The van der Waals surface area contributed by atoms with Gasteiger partial charge in [-0.1, -0.05) is 13.5 Å². The molecule has 3 N–H and O–H groups in total. The first kappa shape index (κ1) is 10.1. The van der Waals surface area contributed by atoms with E-state index in [1.807, 2.05) is 6.92 Å². The van der Waals surface area contributed by atoms with Crippen LogP contribution in [0.1, 0.15) is 13.3 Å². The van der Waals surface area contributed by atoms with Gasteiger partial charge in [0, 0.05) is 5.57 Å². The van der Waals surface area contributed by atoms with E-state index in [-0.39, 0.29) is 0 Å². The average Bonchev–Trinajstić information content (AvgIpc) is 2.03. The molecular formula is C7H14N2O2. The molecular weight excluding hydrogens is 144 g/mol. The predicted octanol–water partition coefficient (Wildman–Crippen LogP) is 0.0476. The quantitative estimate of drug-likeness (QED) is 0.229. The second-order valence-electron chi connectivity index (χ2n) is 2.15. The lowest BCUT2D eigenvalue weighted by Crippen LogP contribution is -2.23. The summed E-state index contributed by atoms with van der Waals surface area (Å²) in [5.41, 5.74) is 1.91. The fraction of sp³-hybridized carbons (Fsp3) is 0.571. The highest BCUT2D eigenvalue weighted by molar-refractivity contribution is 5.91. The lowest BCUT2D eigenvalue weighted by atomic mass is 10.2. The van der Waals surface area contributed by atoms with Gasteiger partial charge in [0.1, 0.15) is 0 Å². The van der Waals surface area contributed by atoms with Gasteiger partial charge in [0.25, 0.3) is 5.91 Å². The van der Waals surface area contributed by atoms with E-state index in [2.05, 4.69) is 11.9 Å². The number of amides is 1. The summed E-state index contributed by atoms with van der Waals surface area (Å²) in [5, 5.41) is 11.2. The zero-order chi connectivity index (χ0) is 8.69. The van der Waals surface area contributed by atoms with E-state index < -0.39 is 5.91 Å². The molecule has 1 amide bonds. The summed E-state index contributed by atoms with van der Waals surface area (Å²) in [6.07, 6.45) is 0.556. The van der Waals surface area contributed by atoms with Gasteiger partial charge in [0.2, 0.25) is 0 Å². The summed E-state index contributed by atoms with van der Waals surface area (Å²) >= 11 is 0. The van der Waals surface area contributed by atoms with Crippen molar-refractivity contribution in [1.29, 1.82) is 0 Å². The highest BCUT2D eigenvalue weighted by atomic mass is 16.5. The summed E-state index contributed by atoms with van der Waals surface area (Å²) in [6, 6.07) is 0. The molecule has 0 aromatic rings. The minimum atomic E-state index is -0.511. The monoisotopic (exact) mass is 158 g/mol. The van der Waals surface area contributed by atoms with Crippen LogP contribution in [-0.4, -0.2) is 24.2 Å². The van der Waals surface area contributed by atoms with Crippen molar-refractivity contribution in [2.75, 3.05) is 13.1 Å². The molecule has 4 nitrogen and oxygen atoms in total. The number of hydroxylamine groups is 1. The molecule has 0 saturated carbocycles. The average molecular weight is 158 g/mol. The fourth-order valence-corrected chi connectivity index (χ4v) is 0.609. The molecule has 0 heterocycles. The smallest absolute Gasteiger partial charge is 0.270 e. The summed E-state index contributed by atoms with van der Waals surface area (Å²) in [7, 11) is 0. The van der Waals surface area contributed by atoms with Crippen LogP contribution in [0.2, 0.25) is 0 Å². The molecule has 0 rings (SSSR count). The van der Waals surface area contributed by atoms with Gasteiger partial charge in [0.15, 0.2) is 0 Å². The van der Waals surface area contributed by atoms with Gasteiger partial charge < -0.3 is 5.32 Å². The van der Waals surface area contributed by atoms with Gasteiger partial charge >= 0.3 is 0 Å². The molecule has 64 valence electrons. The molecule has 0 radical (unpaired) electrons. The van der Waals surface area contributed by atoms with Gasteiger partial charge in [-0.3, -0.25) is 10.0 Å². The zero-order valence-corrected chi connectivity index (χ0v) is 6.68. The van der Waals surface area contributed by atoms with Crippen molar-refractivity contribution in [3.8, 4) is 0 Å². The Balaban J connectivity index is 3.44. The third-order valence-corrected chi connectivity index (χ3v) is 1.28. The molecule has 0 aliphatic carbocycles. The Kier molecular flexibility index (Phi) is 5.42. The van der Waals surface area contributed by atoms with Crippen LogP contribution < -0.4 is 10.8 Å². The second kappa shape index (κ2) is 5.88. The Labute approximate surface area is 66.2 Å². The molecule has 0 aliphatic rings. The maximum atomic E-state index is 10.6. The van der Waals surface area contributed by atoms with Crippen molar-refractivity contribution in [2.45, 2.75) is 13.3 Å². The number of nitrogens with one attached hydrogen (secondary N) is 2. The maximum Gasteiger partial charge on any atom is 0.270 e. The van der Waals surface area contributed by atoms with Crippen LogP contribution in [0, 0.1) is 0 Å². The van der Waals surface area contributed by atoms with E-state index >= 15 is 0 Å². The van der Waals surface area contributed by atoms with E-state index in [1.54, 1.807) is 0 Å². The summed E-state index contributed by atoms with van der Waals surface area (Å²) in [6.45, 7) is 7.05. The number of carbonyl (C=O) groups is 1. The highest BCUT2D eigenvalue weighted by Gasteiger charge is 2.02. The van der Waals surface area contributed by atoms with Gasteiger partial charge in [-0.25, -0.2) is 5.48 Å². The van der Waals surface area contributed by atoms with Crippen LogP contribution >= 0.6 is 0 Å². The van der Waals surface area contributed by atoms with Crippen LogP contribution in [0.5, 0.6) is 0 Å². The van der Waals surface area contributed by atoms with Crippen LogP contribution in [0.25, 0.3) is 0 Å². The largest absolute Gasteiger partial charge is 0.317 e. The minimum Gasteiger partial charge on any atom is -0.317 e. The first-order chi connectivity index (χ1) is 5.22.